The van der Waals surface area contributed by atoms with Gasteiger partial charge in [-0.2, -0.15) is 0 Å². The minimum Gasteiger partial charge on any atom is -0.356 e. The zero-order chi connectivity index (χ0) is 15.5. The summed E-state index contributed by atoms with van der Waals surface area (Å²) in [6.07, 6.45) is 5.88. The Morgan fingerprint density at radius 3 is 2.19 bits per heavy atom. The summed E-state index contributed by atoms with van der Waals surface area (Å²) in [5.74, 6) is 0.429. The molecule has 0 saturated carbocycles. The average molecular weight is 297 g/mol. The highest BCUT2D eigenvalue weighted by molar-refractivity contribution is 5.76. The largest absolute Gasteiger partial charge is 0.356 e. The van der Waals surface area contributed by atoms with Crippen LogP contribution in [-0.4, -0.2) is 60.9 Å². The number of hydrogen-bond donors (Lipinski definition) is 1. The number of nitrogens with zero attached hydrogens (tertiary/aromatic N) is 2. The van der Waals surface area contributed by atoms with Gasteiger partial charge in [0, 0.05) is 45.6 Å². The SMILES string of the molecule is CCC(=O)NCCCCCCN1CCN(C(=O)CC)CC1. The van der Waals surface area contributed by atoms with Crippen molar-refractivity contribution in [1.82, 2.24) is 15.1 Å². The first-order valence-corrected chi connectivity index (χ1v) is 8.44. The van der Waals surface area contributed by atoms with Gasteiger partial charge < -0.3 is 10.2 Å². The van der Waals surface area contributed by atoms with Crippen molar-refractivity contribution in [3.63, 3.8) is 0 Å². The van der Waals surface area contributed by atoms with Gasteiger partial charge in [0.15, 0.2) is 0 Å². The first-order chi connectivity index (χ1) is 10.2. The summed E-state index contributed by atoms with van der Waals surface area (Å²) < 4.78 is 0. The molecule has 0 aromatic carbocycles. The molecule has 0 aliphatic carbocycles. The Bertz CT molecular complexity index is 313. The number of carbonyl (C=O) groups excluding carboxylic acids is 2. The molecule has 1 N–H and O–H groups in total. The molecule has 1 rings (SSSR count). The van der Waals surface area contributed by atoms with Gasteiger partial charge in [-0.25, -0.2) is 0 Å². The zero-order valence-corrected chi connectivity index (χ0v) is 13.7. The highest BCUT2D eigenvalue weighted by Gasteiger charge is 2.19. The predicted octanol–water partition coefficient (Wildman–Crippen LogP) is 1.63. The Labute approximate surface area is 129 Å². The fraction of sp³-hybridized carbons (Fsp3) is 0.875. The summed E-state index contributed by atoms with van der Waals surface area (Å²) in [6.45, 7) is 9.54. The van der Waals surface area contributed by atoms with Crippen molar-refractivity contribution in [1.29, 1.82) is 0 Å². The van der Waals surface area contributed by atoms with E-state index in [9.17, 15) is 9.59 Å². The Morgan fingerprint density at radius 2 is 1.57 bits per heavy atom. The van der Waals surface area contributed by atoms with E-state index >= 15 is 0 Å². The first-order valence-electron chi connectivity index (χ1n) is 8.44. The molecule has 0 spiro atoms. The summed E-state index contributed by atoms with van der Waals surface area (Å²) >= 11 is 0. The van der Waals surface area contributed by atoms with Crippen LogP contribution in [0.4, 0.5) is 0 Å². The molecule has 0 unspecified atom stereocenters. The van der Waals surface area contributed by atoms with Crippen molar-refractivity contribution >= 4 is 11.8 Å². The molecular weight excluding hydrogens is 266 g/mol. The maximum absolute atomic E-state index is 11.6. The highest BCUT2D eigenvalue weighted by atomic mass is 16.2. The van der Waals surface area contributed by atoms with Crippen LogP contribution >= 0.6 is 0 Å². The van der Waals surface area contributed by atoms with E-state index < -0.39 is 0 Å². The van der Waals surface area contributed by atoms with E-state index in [0.717, 1.165) is 45.7 Å². The fourth-order valence-electron chi connectivity index (χ4n) is 2.61. The molecule has 0 aromatic rings. The number of piperazine rings is 1. The van der Waals surface area contributed by atoms with E-state index in [-0.39, 0.29) is 11.8 Å². The van der Waals surface area contributed by atoms with Crippen LogP contribution in [0, 0.1) is 0 Å². The van der Waals surface area contributed by atoms with Gasteiger partial charge in [-0.05, 0) is 19.4 Å². The molecule has 21 heavy (non-hydrogen) atoms. The second-order valence-corrected chi connectivity index (χ2v) is 5.69. The second kappa shape index (κ2) is 10.6. The van der Waals surface area contributed by atoms with Crippen molar-refractivity contribution in [3.8, 4) is 0 Å². The maximum Gasteiger partial charge on any atom is 0.222 e. The van der Waals surface area contributed by atoms with Gasteiger partial charge in [0.25, 0.3) is 0 Å². The lowest BCUT2D eigenvalue weighted by Gasteiger charge is -2.34. The lowest BCUT2D eigenvalue weighted by Crippen LogP contribution is -2.48. The minimum absolute atomic E-state index is 0.148. The van der Waals surface area contributed by atoms with Crippen LogP contribution in [0.25, 0.3) is 0 Å². The van der Waals surface area contributed by atoms with Gasteiger partial charge in [0.05, 0.1) is 0 Å². The van der Waals surface area contributed by atoms with Crippen LogP contribution in [-0.2, 0) is 9.59 Å². The van der Waals surface area contributed by atoms with Crippen LogP contribution in [0.2, 0.25) is 0 Å². The second-order valence-electron chi connectivity index (χ2n) is 5.69. The molecule has 0 atom stereocenters. The fourth-order valence-corrected chi connectivity index (χ4v) is 2.61. The molecule has 0 aromatic heterocycles. The van der Waals surface area contributed by atoms with Crippen molar-refractivity contribution in [2.45, 2.75) is 52.4 Å². The van der Waals surface area contributed by atoms with E-state index in [0.29, 0.717) is 12.8 Å². The van der Waals surface area contributed by atoms with Crippen molar-refractivity contribution in [2.24, 2.45) is 0 Å². The smallest absolute Gasteiger partial charge is 0.222 e. The molecule has 0 radical (unpaired) electrons. The van der Waals surface area contributed by atoms with Gasteiger partial charge in [-0.1, -0.05) is 26.7 Å². The van der Waals surface area contributed by atoms with Gasteiger partial charge in [-0.15, -0.1) is 0 Å². The monoisotopic (exact) mass is 297 g/mol. The van der Waals surface area contributed by atoms with Crippen LogP contribution < -0.4 is 5.32 Å². The number of amides is 2. The Balaban J connectivity index is 1.95. The summed E-state index contributed by atoms with van der Waals surface area (Å²) in [4.78, 5) is 27.1. The predicted molar refractivity (Wildman–Crippen MR) is 85.1 cm³/mol. The number of unbranched alkanes of at least 4 members (excludes halogenated alkanes) is 3. The molecular formula is C16H31N3O2. The molecule has 1 fully saturated rings. The molecule has 1 heterocycles. The lowest BCUT2D eigenvalue weighted by atomic mass is 10.1. The van der Waals surface area contributed by atoms with Crippen molar-refractivity contribution in [2.75, 3.05) is 39.3 Å². The molecule has 1 aliphatic heterocycles. The number of carbonyl (C=O) groups is 2. The van der Waals surface area contributed by atoms with Crippen molar-refractivity contribution in [3.05, 3.63) is 0 Å². The minimum atomic E-state index is 0.148. The molecule has 1 aliphatic rings. The van der Waals surface area contributed by atoms with E-state index in [4.69, 9.17) is 0 Å². The summed E-state index contributed by atoms with van der Waals surface area (Å²) in [7, 11) is 0. The molecule has 5 heteroatoms. The average Bonchev–Trinajstić information content (AvgIpc) is 2.53. The number of hydrogen-bond acceptors (Lipinski definition) is 3. The van der Waals surface area contributed by atoms with E-state index in [2.05, 4.69) is 10.2 Å². The third-order valence-electron chi connectivity index (χ3n) is 4.07. The third-order valence-corrected chi connectivity index (χ3v) is 4.07. The van der Waals surface area contributed by atoms with Gasteiger partial charge in [0.2, 0.25) is 11.8 Å². The first kappa shape index (κ1) is 18.0. The Hall–Kier alpha value is -1.10. The maximum atomic E-state index is 11.6. The Kier molecular flexibility index (Phi) is 9.06. The third kappa shape index (κ3) is 7.46. The topological polar surface area (TPSA) is 52.7 Å². The van der Waals surface area contributed by atoms with Crippen LogP contribution in [0.1, 0.15) is 52.4 Å². The van der Waals surface area contributed by atoms with E-state index in [1.807, 2.05) is 18.7 Å². The van der Waals surface area contributed by atoms with Crippen LogP contribution in [0.15, 0.2) is 0 Å². The lowest BCUT2D eigenvalue weighted by molar-refractivity contribution is -0.132. The molecule has 0 bridgehead atoms. The number of nitrogens with one attached hydrogen (secondary N) is 1. The molecule has 122 valence electrons. The molecule has 5 nitrogen and oxygen atoms in total. The summed E-state index contributed by atoms with van der Waals surface area (Å²) in [5.41, 5.74) is 0. The van der Waals surface area contributed by atoms with Gasteiger partial charge in [0.1, 0.15) is 0 Å². The van der Waals surface area contributed by atoms with E-state index in [1.54, 1.807) is 0 Å². The standard InChI is InChI=1S/C16H31N3O2/c1-3-15(20)17-9-7-5-6-8-10-18-11-13-19(14-12-18)16(21)4-2/h3-14H2,1-2H3,(H,17,20). The number of rotatable bonds is 9. The molecule has 2 amide bonds. The summed E-state index contributed by atoms with van der Waals surface area (Å²) in [5, 5.41) is 2.91. The van der Waals surface area contributed by atoms with Gasteiger partial charge >= 0.3 is 0 Å². The van der Waals surface area contributed by atoms with E-state index in [1.165, 1.54) is 19.3 Å². The summed E-state index contributed by atoms with van der Waals surface area (Å²) in [6, 6.07) is 0. The quantitative estimate of drug-likeness (QED) is 0.658. The zero-order valence-electron chi connectivity index (χ0n) is 13.7. The van der Waals surface area contributed by atoms with Gasteiger partial charge in [-0.3, -0.25) is 14.5 Å². The van der Waals surface area contributed by atoms with Crippen molar-refractivity contribution < 1.29 is 9.59 Å². The van der Waals surface area contributed by atoms with Crippen LogP contribution in [0.5, 0.6) is 0 Å². The normalized spacial score (nSPS) is 16.0. The van der Waals surface area contributed by atoms with Crippen LogP contribution in [0.3, 0.4) is 0 Å². The molecule has 1 saturated heterocycles. The Morgan fingerprint density at radius 1 is 0.905 bits per heavy atom. The highest BCUT2D eigenvalue weighted by Crippen LogP contribution is 2.06.